The van der Waals surface area contributed by atoms with Crippen molar-refractivity contribution >= 4 is 34.8 Å². The molecule has 0 N–H and O–H groups in total. The Morgan fingerprint density at radius 1 is 1.09 bits per heavy atom. The van der Waals surface area contributed by atoms with Gasteiger partial charge in [0.1, 0.15) is 5.82 Å². The average molecular weight is 509 g/mol. The Bertz CT molecular complexity index is 1210. The molecule has 2 unspecified atom stereocenters. The van der Waals surface area contributed by atoms with Crippen molar-refractivity contribution in [1.82, 2.24) is 0 Å². The molecule has 0 heterocycles. The van der Waals surface area contributed by atoms with Crippen molar-refractivity contribution in [3.8, 4) is 6.07 Å². The summed E-state index contributed by atoms with van der Waals surface area (Å²) in [6.45, 7) is 1.94. The van der Waals surface area contributed by atoms with Crippen molar-refractivity contribution in [3.05, 3.63) is 99.3 Å². The zero-order chi connectivity index (χ0) is 24.9. The number of rotatable bonds is 7. The van der Waals surface area contributed by atoms with Gasteiger partial charge in [0.05, 0.1) is 22.3 Å². The third kappa shape index (κ3) is 5.69. The van der Waals surface area contributed by atoms with Gasteiger partial charge in [-0.05, 0) is 73.7 Å². The van der Waals surface area contributed by atoms with Gasteiger partial charge in [-0.25, -0.2) is 4.39 Å². The number of para-hydroxylation sites is 1. The number of benzene rings is 3. The largest absolute Gasteiger partial charge is 0.305 e. The fourth-order valence-corrected chi connectivity index (χ4v) is 5.44. The van der Waals surface area contributed by atoms with Gasteiger partial charge in [-0.15, -0.1) is 0 Å². The van der Waals surface area contributed by atoms with Crippen molar-refractivity contribution in [2.75, 3.05) is 4.90 Å². The maximum absolute atomic E-state index is 15.2. The van der Waals surface area contributed by atoms with Crippen LogP contribution in [0.4, 0.5) is 10.1 Å². The molecule has 0 radical (unpaired) electrons. The van der Waals surface area contributed by atoms with Crippen LogP contribution in [0.3, 0.4) is 0 Å². The number of hydrogen-bond donors (Lipinski definition) is 0. The molecular weight excluding hydrogens is 482 g/mol. The number of hydrogen-bond acceptors (Lipinski definition) is 2. The SMILES string of the molecule is CC(C(Cc1ccc(Cl)cc1)c1cccc(C#N)c1)N(C(=O)C1CCCC1)c1c(F)cccc1Cl. The van der Waals surface area contributed by atoms with Crippen LogP contribution in [0.1, 0.15) is 55.2 Å². The highest BCUT2D eigenvalue weighted by molar-refractivity contribution is 6.34. The molecule has 0 aliphatic heterocycles. The van der Waals surface area contributed by atoms with E-state index in [0.29, 0.717) is 17.0 Å². The normalized spacial score (nSPS) is 15.4. The molecule has 0 saturated heterocycles. The van der Waals surface area contributed by atoms with Crippen LogP contribution in [-0.4, -0.2) is 11.9 Å². The van der Waals surface area contributed by atoms with Crippen LogP contribution >= 0.6 is 23.2 Å². The van der Waals surface area contributed by atoms with Crippen LogP contribution in [0.5, 0.6) is 0 Å². The summed E-state index contributed by atoms with van der Waals surface area (Å²) in [6.07, 6.45) is 4.14. The minimum Gasteiger partial charge on any atom is -0.305 e. The molecule has 3 aromatic carbocycles. The zero-order valence-corrected chi connectivity index (χ0v) is 21.1. The number of nitrogens with zero attached hydrogens (tertiary/aromatic N) is 2. The van der Waals surface area contributed by atoms with Crippen molar-refractivity contribution in [3.63, 3.8) is 0 Å². The molecular formula is C29H27Cl2FN2O. The summed E-state index contributed by atoms with van der Waals surface area (Å²) >= 11 is 12.6. The highest BCUT2D eigenvalue weighted by atomic mass is 35.5. The van der Waals surface area contributed by atoms with Gasteiger partial charge >= 0.3 is 0 Å². The Morgan fingerprint density at radius 3 is 2.43 bits per heavy atom. The number of amides is 1. The van der Waals surface area contributed by atoms with Crippen LogP contribution in [0.15, 0.2) is 66.7 Å². The molecule has 2 atom stereocenters. The predicted octanol–water partition coefficient (Wildman–Crippen LogP) is 7.94. The van der Waals surface area contributed by atoms with E-state index in [-0.39, 0.29) is 28.5 Å². The number of carbonyl (C=O) groups excluding carboxylic acids is 1. The summed E-state index contributed by atoms with van der Waals surface area (Å²) < 4.78 is 15.2. The quantitative estimate of drug-likeness (QED) is 0.325. The van der Waals surface area contributed by atoms with E-state index in [1.807, 2.05) is 49.4 Å². The second-order valence-electron chi connectivity index (χ2n) is 9.17. The van der Waals surface area contributed by atoms with Crippen molar-refractivity contribution < 1.29 is 9.18 Å². The number of carbonyl (C=O) groups is 1. The Balaban J connectivity index is 1.82. The topological polar surface area (TPSA) is 44.1 Å². The van der Waals surface area contributed by atoms with Crippen LogP contribution in [0.25, 0.3) is 0 Å². The smallest absolute Gasteiger partial charge is 0.230 e. The van der Waals surface area contributed by atoms with Gasteiger partial charge in [0, 0.05) is 22.9 Å². The fourth-order valence-electron chi connectivity index (χ4n) is 5.06. The molecule has 35 heavy (non-hydrogen) atoms. The minimum absolute atomic E-state index is 0.0976. The lowest BCUT2D eigenvalue weighted by atomic mass is 9.84. The fraction of sp³-hybridized carbons (Fsp3) is 0.310. The van der Waals surface area contributed by atoms with E-state index >= 15 is 4.39 Å². The first-order valence-electron chi connectivity index (χ1n) is 11.9. The van der Waals surface area contributed by atoms with E-state index in [2.05, 4.69) is 6.07 Å². The monoisotopic (exact) mass is 508 g/mol. The van der Waals surface area contributed by atoms with E-state index in [4.69, 9.17) is 23.2 Å². The molecule has 1 aliphatic carbocycles. The molecule has 0 bridgehead atoms. The predicted molar refractivity (Wildman–Crippen MR) is 139 cm³/mol. The number of nitriles is 1. The van der Waals surface area contributed by atoms with Crippen LogP contribution in [0, 0.1) is 23.1 Å². The maximum atomic E-state index is 15.2. The molecule has 3 aromatic rings. The van der Waals surface area contributed by atoms with Crippen molar-refractivity contribution in [2.45, 2.75) is 51.0 Å². The van der Waals surface area contributed by atoms with Gasteiger partial charge < -0.3 is 4.90 Å². The highest BCUT2D eigenvalue weighted by Gasteiger charge is 2.37. The minimum atomic E-state index is -0.522. The standard InChI is InChI=1S/C29H27Cl2FN2O/c1-19(34(29(35)22-7-2-3-8-22)28-26(31)10-5-11-27(28)32)25(17-20-12-14-24(30)15-13-20)23-9-4-6-21(16-23)18-33/h4-6,9-16,19,22,25H,2-3,7-8,17H2,1H3. The number of anilines is 1. The first-order valence-corrected chi connectivity index (χ1v) is 12.7. The van der Waals surface area contributed by atoms with Crippen molar-refractivity contribution in [2.24, 2.45) is 5.92 Å². The van der Waals surface area contributed by atoms with Gasteiger partial charge in [-0.1, -0.05) is 66.4 Å². The maximum Gasteiger partial charge on any atom is 0.230 e. The van der Waals surface area contributed by atoms with Crippen LogP contribution < -0.4 is 4.90 Å². The number of halogens is 3. The molecule has 4 rings (SSSR count). The van der Waals surface area contributed by atoms with E-state index in [0.717, 1.165) is 36.8 Å². The lowest BCUT2D eigenvalue weighted by Gasteiger charge is -2.37. The third-order valence-electron chi connectivity index (χ3n) is 6.92. The summed E-state index contributed by atoms with van der Waals surface area (Å²) in [6, 6.07) is 21.2. The molecule has 1 fully saturated rings. The van der Waals surface area contributed by atoms with Crippen LogP contribution in [0.2, 0.25) is 10.0 Å². The van der Waals surface area contributed by atoms with Crippen molar-refractivity contribution in [1.29, 1.82) is 5.26 Å². The second kappa shape index (κ2) is 11.2. The molecule has 1 amide bonds. The molecule has 1 aliphatic rings. The average Bonchev–Trinajstić information content (AvgIpc) is 3.40. The molecule has 3 nitrogen and oxygen atoms in total. The first kappa shape index (κ1) is 25.2. The Morgan fingerprint density at radius 2 is 1.77 bits per heavy atom. The van der Waals surface area contributed by atoms with E-state index in [9.17, 15) is 10.1 Å². The van der Waals surface area contributed by atoms with E-state index < -0.39 is 11.9 Å². The summed E-state index contributed by atoms with van der Waals surface area (Å²) in [7, 11) is 0. The second-order valence-corrected chi connectivity index (χ2v) is 10.0. The zero-order valence-electron chi connectivity index (χ0n) is 19.6. The van der Waals surface area contributed by atoms with E-state index in [1.165, 1.54) is 6.07 Å². The van der Waals surface area contributed by atoms with E-state index in [1.54, 1.807) is 23.1 Å². The molecule has 6 heteroatoms. The third-order valence-corrected chi connectivity index (χ3v) is 7.48. The highest BCUT2D eigenvalue weighted by Crippen LogP contribution is 2.39. The van der Waals surface area contributed by atoms with Gasteiger partial charge in [-0.3, -0.25) is 4.79 Å². The molecule has 180 valence electrons. The summed E-state index contributed by atoms with van der Waals surface area (Å²) in [5.41, 5.74) is 2.59. The molecule has 0 spiro atoms. The first-order chi connectivity index (χ1) is 16.9. The lowest BCUT2D eigenvalue weighted by molar-refractivity contribution is -0.122. The van der Waals surface area contributed by atoms with Gasteiger partial charge in [-0.2, -0.15) is 5.26 Å². The van der Waals surface area contributed by atoms with Crippen LogP contribution in [-0.2, 0) is 11.2 Å². The molecule has 0 aromatic heterocycles. The van der Waals surface area contributed by atoms with Gasteiger partial charge in [0.2, 0.25) is 5.91 Å². The lowest BCUT2D eigenvalue weighted by Crippen LogP contribution is -2.46. The Kier molecular flexibility index (Phi) is 8.11. The van der Waals surface area contributed by atoms with Gasteiger partial charge in [0.15, 0.2) is 0 Å². The summed E-state index contributed by atoms with van der Waals surface area (Å²) in [4.78, 5) is 15.5. The summed E-state index contributed by atoms with van der Waals surface area (Å²) in [5, 5.41) is 10.3. The molecule has 1 saturated carbocycles. The van der Waals surface area contributed by atoms with Gasteiger partial charge in [0.25, 0.3) is 0 Å². The Labute approximate surface area is 216 Å². The summed E-state index contributed by atoms with van der Waals surface area (Å²) in [5.74, 6) is -0.994. The Hall–Kier alpha value is -2.87.